The van der Waals surface area contributed by atoms with E-state index in [9.17, 15) is 9.18 Å². The number of hydrogen-bond donors (Lipinski definition) is 1. The van der Waals surface area contributed by atoms with Crippen molar-refractivity contribution in [1.29, 1.82) is 0 Å². The van der Waals surface area contributed by atoms with Crippen LogP contribution in [0.2, 0.25) is 0 Å². The molecule has 1 amide bonds. The van der Waals surface area contributed by atoms with Crippen molar-refractivity contribution >= 4 is 17.7 Å². The second-order valence-corrected chi connectivity index (χ2v) is 7.54. The Balaban J connectivity index is 1.54. The van der Waals surface area contributed by atoms with Crippen LogP contribution in [-0.2, 0) is 15.3 Å². The molecule has 6 heteroatoms. The molecular formula is C21H25FN2O2S. The Morgan fingerprint density at radius 3 is 2.67 bits per heavy atom. The number of nitrogens with one attached hydrogen (secondary N) is 1. The molecule has 1 N–H and O–H groups in total. The molecule has 1 fully saturated rings. The zero-order valence-corrected chi connectivity index (χ0v) is 16.1. The summed E-state index contributed by atoms with van der Waals surface area (Å²) >= 11 is 1.79. The molecule has 0 saturated carbocycles. The normalized spacial score (nSPS) is 16.0. The number of hydrogen-bond acceptors (Lipinski definition) is 4. The average Bonchev–Trinajstić information content (AvgIpc) is 2.70. The van der Waals surface area contributed by atoms with E-state index in [-0.39, 0.29) is 11.7 Å². The molecule has 3 rings (SSSR count). The van der Waals surface area contributed by atoms with E-state index in [1.165, 1.54) is 17.7 Å². The Morgan fingerprint density at radius 2 is 1.93 bits per heavy atom. The van der Waals surface area contributed by atoms with E-state index in [2.05, 4.69) is 22.3 Å². The van der Waals surface area contributed by atoms with Gasteiger partial charge in [-0.05, 0) is 23.3 Å². The van der Waals surface area contributed by atoms with Gasteiger partial charge in [-0.3, -0.25) is 9.69 Å². The summed E-state index contributed by atoms with van der Waals surface area (Å²) in [6.45, 7) is 3.10. The Bertz CT molecular complexity index is 723. The molecule has 1 saturated heterocycles. The zero-order chi connectivity index (χ0) is 18.9. The molecule has 2 aromatic carbocycles. The van der Waals surface area contributed by atoms with Gasteiger partial charge >= 0.3 is 0 Å². The van der Waals surface area contributed by atoms with Gasteiger partial charge in [0.05, 0.1) is 13.2 Å². The highest BCUT2D eigenvalue weighted by atomic mass is 32.2. The van der Waals surface area contributed by atoms with E-state index >= 15 is 0 Å². The van der Waals surface area contributed by atoms with Crippen molar-refractivity contribution in [3.63, 3.8) is 0 Å². The van der Waals surface area contributed by atoms with Crippen molar-refractivity contribution < 1.29 is 13.9 Å². The molecule has 0 unspecified atom stereocenters. The van der Waals surface area contributed by atoms with Crippen LogP contribution in [0.5, 0.6) is 0 Å². The topological polar surface area (TPSA) is 41.6 Å². The summed E-state index contributed by atoms with van der Waals surface area (Å²) in [7, 11) is 0. The number of morpholine rings is 1. The number of halogens is 1. The number of thioether (sulfide) groups is 1. The lowest BCUT2D eigenvalue weighted by molar-refractivity contribution is -0.128. The standard InChI is InChI=1S/C21H25FN2O2S/c22-19-8-4-7-18(15-19)20(24-10-12-26-13-11-24)21(25)23-9-14-27-16-17-5-2-1-3-6-17/h1-8,15,20H,9-14,16H2,(H,23,25)/t20-/m0/s1. The van der Waals surface area contributed by atoms with Crippen LogP contribution >= 0.6 is 11.8 Å². The van der Waals surface area contributed by atoms with Crippen LogP contribution in [0.25, 0.3) is 0 Å². The Labute approximate surface area is 164 Å². The van der Waals surface area contributed by atoms with Gasteiger partial charge < -0.3 is 10.1 Å². The van der Waals surface area contributed by atoms with Crippen LogP contribution in [0.15, 0.2) is 54.6 Å². The number of carbonyl (C=O) groups excluding carboxylic acids is 1. The number of nitrogens with zero attached hydrogens (tertiary/aromatic N) is 1. The van der Waals surface area contributed by atoms with Gasteiger partial charge in [-0.25, -0.2) is 4.39 Å². The monoisotopic (exact) mass is 388 g/mol. The predicted octanol–water partition coefficient (Wildman–Crippen LogP) is 3.25. The van der Waals surface area contributed by atoms with E-state index < -0.39 is 6.04 Å². The van der Waals surface area contributed by atoms with E-state index in [0.29, 0.717) is 38.4 Å². The molecule has 27 heavy (non-hydrogen) atoms. The lowest BCUT2D eigenvalue weighted by atomic mass is 10.0. The molecule has 1 aliphatic heterocycles. The first kappa shape index (κ1) is 19.9. The minimum atomic E-state index is -0.483. The summed E-state index contributed by atoms with van der Waals surface area (Å²) in [5, 5.41) is 3.02. The number of benzene rings is 2. The first-order valence-electron chi connectivity index (χ1n) is 9.20. The van der Waals surface area contributed by atoms with Crippen molar-refractivity contribution in [3.05, 3.63) is 71.5 Å². The Hall–Kier alpha value is -1.89. The highest BCUT2D eigenvalue weighted by Gasteiger charge is 2.29. The Morgan fingerprint density at radius 1 is 1.15 bits per heavy atom. The third-order valence-electron chi connectivity index (χ3n) is 4.48. The van der Waals surface area contributed by atoms with Crippen LogP contribution in [0, 0.1) is 5.82 Å². The van der Waals surface area contributed by atoms with Crippen LogP contribution in [0.4, 0.5) is 4.39 Å². The minimum Gasteiger partial charge on any atom is -0.379 e. The fourth-order valence-electron chi connectivity index (χ4n) is 3.15. The molecule has 1 heterocycles. The second kappa shape index (κ2) is 10.4. The van der Waals surface area contributed by atoms with Crippen molar-refractivity contribution in [2.45, 2.75) is 11.8 Å². The summed E-state index contributed by atoms with van der Waals surface area (Å²) < 4.78 is 19.1. The summed E-state index contributed by atoms with van der Waals surface area (Å²) in [5.74, 6) is 1.35. The van der Waals surface area contributed by atoms with Crippen LogP contribution < -0.4 is 5.32 Å². The summed E-state index contributed by atoms with van der Waals surface area (Å²) in [6, 6.07) is 16.1. The first-order valence-corrected chi connectivity index (χ1v) is 10.4. The molecule has 0 spiro atoms. The van der Waals surface area contributed by atoms with Gasteiger partial charge in [0, 0.05) is 31.1 Å². The quantitative estimate of drug-likeness (QED) is 0.705. The van der Waals surface area contributed by atoms with Crippen molar-refractivity contribution in [1.82, 2.24) is 10.2 Å². The summed E-state index contributed by atoms with van der Waals surface area (Å²) in [5.41, 5.74) is 1.96. The smallest absolute Gasteiger partial charge is 0.241 e. The maximum absolute atomic E-state index is 13.7. The third kappa shape index (κ3) is 6.06. The SMILES string of the molecule is O=C(NCCSCc1ccccc1)[C@H](c1cccc(F)c1)N1CCOCC1. The van der Waals surface area contributed by atoms with E-state index in [1.807, 2.05) is 24.3 Å². The van der Waals surface area contributed by atoms with Crippen LogP contribution in [0.1, 0.15) is 17.2 Å². The minimum absolute atomic E-state index is 0.0807. The first-order chi connectivity index (χ1) is 13.2. The molecule has 1 aliphatic rings. The van der Waals surface area contributed by atoms with Crippen LogP contribution in [0.3, 0.4) is 0 Å². The molecular weight excluding hydrogens is 363 g/mol. The highest BCUT2D eigenvalue weighted by Crippen LogP contribution is 2.23. The number of ether oxygens (including phenoxy) is 1. The van der Waals surface area contributed by atoms with Gasteiger partial charge in [-0.1, -0.05) is 42.5 Å². The predicted molar refractivity (Wildman–Crippen MR) is 107 cm³/mol. The fraction of sp³-hybridized carbons (Fsp3) is 0.381. The second-order valence-electron chi connectivity index (χ2n) is 6.44. The average molecular weight is 389 g/mol. The summed E-state index contributed by atoms with van der Waals surface area (Å²) in [4.78, 5) is 14.9. The Kier molecular flexibility index (Phi) is 7.68. The number of rotatable bonds is 8. The molecule has 0 bridgehead atoms. The fourth-order valence-corrected chi connectivity index (χ4v) is 3.97. The molecule has 0 radical (unpaired) electrons. The van der Waals surface area contributed by atoms with E-state index in [4.69, 9.17) is 4.74 Å². The van der Waals surface area contributed by atoms with Crippen molar-refractivity contribution in [2.24, 2.45) is 0 Å². The van der Waals surface area contributed by atoms with Crippen LogP contribution in [-0.4, -0.2) is 49.4 Å². The largest absolute Gasteiger partial charge is 0.379 e. The van der Waals surface area contributed by atoms with Gasteiger partial charge in [-0.15, -0.1) is 0 Å². The van der Waals surface area contributed by atoms with Gasteiger partial charge in [0.2, 0.25) is 5.91 Å². The van der Waals surface area contributed by atoms with Gasteiger partial charge in [0.15, 0.2) is 0 Å². The third-order valence-corrected chi connectivity index (χ3v) is 5.51. The zero-order valence-electron chi connectivity index (χ0n) is 15.3. The van der Waals surface area contributed by atoms with E-state index in [1.54, 1.807) is 17.8 Å². The molecule has 2 aromatic rings. The van der Waals surface area contributed by atoms with Crippen molar-refractivity contribution in [3.8, 4) is 0 Å². The number of carbonyl (C=O) groups is 1. The molecule has 0 aliphatic carbocycles. The van der Waals surface area contributed by atoms with Crippen molar-refractivity contribution in [2.75, 3.05) is 38.6 Å². The molecule has 1 atom stereocenters. The number of amides is 1. The van der Waals surface area contributed by atoms with Gasteiger partial charge in [0.1, 0.15) is 11.9 Å². The lowest BCUT2D eigenvalue weighted by Crippen LogP contribution is -2.46. The summed E-state index contributed by atoms with van der Waals surface area (Å²) in [6.07, 6.45) is 0. The maximum atomic E-state index is 13.7. The molecule has 144 valence electrons. The van der Waals surface area contributed by atoms with Gasteiger partial charge in [0.25, 0.3) is 0 Å². The molecule has 0 aromatic heterocycles. The maximum Gasteiger partial charge on any atom is 0.241 e. The van der Waals surface area contributed by atoms with Gasteiger partial charge in [-0.2, -0.15) is 11.8 Å². The van der Waals surface area contributed by atoms with E-state index in [0.717, 1.165) is 11.5 Å². The lowest BCUT2D eigenvalue weighted by Gasteiger charge is -2.33. The molecule has 4 nitrogen and oxygen atoms in total. The highest BCUT2D eigenvalue weighted by molar-refractivity contribution is 7.98.